The molecule has 0 spiro atoms. The molecule has 0 aromatic heterocycles. The first-order chi connectivity index (χ1) is 16.9. The van der Waals surface area contributed by atoms with Gasteiger partial charge in [0.1, 0.15) is 17.5 Å². The number of hydrogen-bond donors (Lipinski definition) is 2. The zero-order chi connectivity index (χ0) is 24.9. The van der Waals surface area contributed by atoms with E-state index in [1.165, 1.54) is 12.1 Å². The molecule has 2 nitrogen and oxygen atoms in total. The van der Waals surface area contributed by atoms with Crippen LogP contribution in [0.3, 0.4) is 0 Å². The molecule has 4 aromatic carbocycles. The molecule has 0 heterocycles. The minimum atomic E-state index is -0.867. The molecule has 178 valence electrons. The summed E-state index contributed by atoms with van der Waals surface area (Å²) in [6.45, 7) is 2.02. The van der Waals surface area contributed by atoms with Crippen LogP contribution in [0.25, 0.3) is 16.7 Å². The Bertz CT molecular complexity index is 1390. The number of nitrogen functional groups attached to an aromatic ring is 1. The number of nitrogens with two attached hydrogens (primary N) is 1. The Morgan fingerprint density at radius 2 is 1.63 bits per heavy atom. The van der Waals surface area contributed by atoms with E-state index in [4.69, 9.17) is 5.73 Å². The topological polar surface area (TPSA) is 38.0 Å². The first-order valence-electron chi connectivity index (χ1n) is 10.9. The summed E-state index contributed by atoms with van der Waals surface area (Å²) in [5.41, 5.74) is 9.31. The number of halogens is 4. The average Bonchev–Trinajstić information content (AvgIpc) is 2.85. The van der Waals surface area contributed by atoms with Crippen LogP contribution in [0.2, 0.25) is 0 Å². The predicted molar refractivity (Wildman–Crippen MR) is 136 cm³/mol. The molecule has 0 saturated carbocycles. The molecular formula is C28H22F4N2S. The van der Waals surface area contributed by atoms with E-state index >= 15 is 4.39 Å². The largest absolute Gasteiger partial charge is 0.398 e. The number of nitrogens with one attached hydrogen (secondary N) is 1. The molecule has 0 unspecified atom stereocenters. The highest BCUT2D eigenvalue weighted by atomic mass is 32.2. The summed E-state index contributed by atoms with van der Waals surface area (Å²) in [4.78, 5) is -0.0555. The van der Waals surface area contributed by atoms with Gasteiger partial charge in [-0.2, -0.15) is 0 Å². The third-order valence-electron chi connectivity index (χ3n) is 5.38. The van der Waals surface area contributed by atoms with Crippen LogP contribution in [0.4, 0.5) is 28.9 Å². The molecule has 0 aliphatic heterocycles. The van der Waals surface area contributed by atoms with Gasteiger partial charge in [-0.25, -0.2) is 17.6 Å². The van der Waals surface area contributed by atoms with Gasteiger partial charge in [0.15, 0.2) is 5.82 Å². The second-order valence-corrected chi connectivity index (χ2v) is 8.60. The summed E-state index contributed by atoms with van der Waals surface area (Å²) >= 11 is 0.691. The van der Waals surface area contributed by atoms with E-state index < -0.39 is 23.3 Å². The van der Waals surface area contributed by atoms with Gasteiger partial charge < -0.3 is 10.5 Å². The van der Waals surface area contributed by atoms with Crippen molar-refractivity contribution < 1.29 is 17.6 Å². The van der Waals surface area contributed by atoms with Gasteiger partial charge in [0.25, 0.3) is 0 Å². The van der Waals surface area contributed by atoms with Crippen molar-refractivity contribution in [3.8, 4) is 11.1 Å². The molecule has 4 rings (SSSR count). The number of hydrogen-bond acceptors (Lipinski definition) is 3. The van der Waals surface area contributed by atoms with E-state index in [9.17, 15) is 13.2 Å². The van der Waals surface area contributed by atoms with Gasteiger partial charge in [-0.15, -0.1) is 0 Å². The lowest BCUT2D eigenvalue weighted by Gasteiger charge is -2.15. The van der Waals surface area contributed by atoms with Gasteiger partial charge in [-0.1, -0.05) is 55.5 Å². The maximum atomic E-state index is 15.3. The zero-order valence-electron chi connectivity index (χ0n) is 18.8. The Labute approximate surface area is 205 Å². The van der Waals surface area contributed by atoms with E-state index in [2.05, 4.69) is 10.8 Å². The van der Waals surface area contributed by atoms with Crippen molar-refractivity contribution >= 4 is 28.9 Å². The van der Waals surface area contributed by atoms with E-state index in [1.807, 2.05) is 37.3 Å². The van der Waals surface area contributed by atoms with E-state index in [0.717, 1.165) is 47.4 Å². The van der Waals surface area contributed by atoms with Gasteiger partial charge >= 0.3 is 0 Å². The number of allylic oxidation sites excluding steroid dienone is 1. The van der Waals surface area contributed by atoms with Crippen LogP contribution in [0.5, 0.6) is 0 Å². The van der Waals surface area contributed by atoms with Crippen molar-refractivity contribution in [2.45, 2.75) is 18.2 Å². The van der Waals surface area contributed by atoms with Gasteiger partial charge in [-0.3, -0.25) is 0 Å². The fraction of sp³-hybridized carbons (Fsp3) is 0.0714. The molecule has 0 aliphatic carbocycles. The van der Waals surface area contributed by atoms with E-state index in [0.29, 0.717) is 17.6 Å². The second kappa shape index (κ2) is 10.7. The number of anilines is 2. The van der Waals surface area contributed by atoms with Crippen LogP contribution < -0.4 is 10.5 Å². The molecule has 0 bridgehead atoms. The molecule has 0 radical (unpaired) electrons. The fourth-order valence-corrected chi connectivity index (χ4v) is 4.44. The Morgan fingerprint density at radius 3 is 2.34 bits per heavy atom. The number of rotatable bonds is 7. The van der Waals surface area contributed by atoms with Crippen LogP contribution in [0.15, 0.2) is 89.8 Å². The van der Waals surface area contributed by atoms with Gasteiger partial charge in [0.2, 0.25) is 0 Å². The standard InChI is InChI=1S/C28H22F4N2S/c1-2-6-20(17-7-4-3-5-8-17)21-11-9-18(15-24(21)33)27-23(31)13-14-25(28(27)32)34-35-26-16-19(29)10-12-22(26)30/h3-16,34H,2,33H2,1H3/b20-6+. The highest BCUT2D eigenvalue weighted by Crippen LogP contribution is 2.37. The third-order valence-corrected chi connectivity index (χ3v) is 6.23. The van der Waals surface area contributed by atoms with Crippen molar-refractivity contribution in [2.24, 2.45) is 0 Å². The quantitative estimate of drug-likeness (QED) is 0.154. The van der Waals surface area contributed by atoms with E-state index in [1.54, 1.807) is 12.1 Å². The third kappa shape index (κ3) is 5.35. The van der Waals surface area contributed by atoms with Crippen molar-refractivity contribution in [2.75, 3.05) is 10.5 Å². The summed E-state index contributed by atoms with van der Waals surface area (Å²) < 4.78 is 60.1. The molecule has 0 amide bonds. The Balaban J connectivity index is 1.68. The zero-order valence-corrected chi connectivity index (χ0v) is 19.6. The lowest BCUT2D eigenvalue weighted by atomic mass is 9.93. The molecule has 7 heteroatoms. The molecule has 0 atom stereocenters. The highest BCUT2D eigenvalue weighted by Gasteiger charge is 2.18. The highest BCUT2D eigenvalue weighted by molar-refractivity contribution is 8.00. The summed E-state index contributed by atoms with van der Waals surface area (Å²) in [5, 5.41) is 0. The van der Waals surface area contributed by atoms with Gasteiger partial charge in [0.05, 0.1) is 16.1 Å². The molecule has 3 N–H and O–H groups in total. The van der Waals surface area contributed by atoms with Gasteiger partial charge in [0, 0.05) is 11.3 Å². The summed E-state index contributed by atoms with van der Waals surface area (Å²) in [6, 6.07) is 19.9. The predicted octanol–water partition coefficient (Wildman–Crippen LogP) is 8.45. The molecule has 0 fully saturated rings. The Morgan fingerprint density at radius 1 is 0.886 bits per heavy atom. The van der Waals surface area contributed by atoms with Crippen LogP contribution in [-0.2, 0) is 0 Å². The summed E-state index contributed by atoms with van der Waals surface area (Å²) in [6.07, 6.45) is 2.83. The molecule has 0 saturated heterocycles. The average molecular weight is 495 g/mol. The smallest absolute Gasteiger partial charge is 0.157 e. The second-order valence-electron chi connectivity index (χ2n) is 7.76. The SMILES string of the molecule is CC/C=C(\c1ccccc1)c1ccc(-c2c(F)ccc(NSc3cc(F)ccc3F)c2F)cc1N. The summed E-state index contributed by atoms with van der Waals surface area (Å²) in [7, 11) is 0. The van der Waals surface area contributed by atoms with Gasteiger partial charge in [-0.05, 0) is 71.5 Å². The molecule has 4 aromatic rings. The van der Waals surface area contributed by atoms with Crippen molar-refractivity contribution in [1.82, 2.24) is 0 Å². The van der Waals surface area contributed by atoms with Crippen LogP contribution >= 0.6 is 11.9 Å². The van der Waals surface area contributed by atoms with E-state index in [-0.39, 0.29) is 21.7 Å². The minimum Gasteiger partial charge on any atom is -0.398 e. The normalized spacial score (nSPS) is 11.5. The number of benzene rings is 4. The first kappa shape index (κ1) is 24.4. The molecule has 0 aliphatic rings. The van der Waals surface area contributed by atoms with Crippen molar-refractivity contribution in [3.63, 3.8) is 0 Å². The summed E-state index contributed by atoms with van der Waals surface area (Å²) in [5.74, 6) is -2.92. The van der Waals surface area contributed by atoms with Crippen LogP contribution in [0, 0.1) is 23.3 Å². The monoisotopic (exact) mass is 494 g/mol. The maximum absolute atomic E-state index is 15.3. The van der Waals surface area contributed by atoms with Crippen molar-refractivity contribution in [3.05, 3.63) is 119 Å². The molecule has 35 heavy (non-hydrogen) atoms. The maximum Gasteiger partial charge on any atom is 0.157 e. The lowest BCUT2D eigenvalue weighted by molar-refractivity contribution is 0.577. The molecular weight excluding hydrogens is 472 g/mol. The fourth-order valence-electron chi connectivity index (χ4n) is 3.73. The van der Waals surface area contributed by atoms with Crippen LogP contribution in [-0.4, -0.2) is 0 Å². The Hall–Kier alpha value is -3.71. The van der Waals surface area contributed by atoms with Crippen LogP contribution in [0.1, 0.15) is 24.5 Å². The van der Waals surface area contributed by atoms with Crippen molar-refractivity contribution in [1.29, 1.82) is 0 Å². The Kier molecular flexibility index (Phi) is 7.46. The minimum absolute atomic E-state index is 0.0555. The lowest BCUT2D eigenvalue weighted by Crippen LogP contribution is -2.00. The first-order valence-corrected chi connectivity index (χ1v) is 11.7.